The third kappa shape index (κ3) is 2.00. The number of hydrogen-bond acceptors (Lipinski definition) is 1. The van der Waals surface area contributed by atoms with Gasteiger partial charge in [-0.2, -0.15) is 0 Å². The van der Waals surface area contributed by atoms with Crippen molar-refractivity contribution >= 4 is 34.1 Å². The monoisotopic (exact) mass is 271 g/mol. The van der Waals surface area contributed by atoms with Gasteiger partial charge in [0.2, 0.25) is 0 Å². The molecule has 0 aliphatic carbocycles. The molecule has 1 aromatic heterocycles. The Labute approximate surface area is 110 Å². The van der Waals surface area contributed by atoms with Crippen LogP contribution < -0.4 is 0 Å². The molecule has 0 saturated heterocycles. The van der Waals surface area contributed by atoms with Gasteiger partial charge in [-0.25, -0.2) is 9.37 Å². The summed E-state index contributed by atoms with van der Waals surface area (Å²) < 4.78 is 13.8. The molecule has 0 unspecified atom stereocenters. The summed E-state index contributed by atoms with van der Waals surface area (Å²) in [5, 5.41) is 1.25. The fraction of sp³-hybridized carbons (Fsp3) is 0.308. The zero-order valence-corrected chi connectivity index (χ0v) is 11.3. The van der Waals surface area contributed by atoms with E-state index in [-0.39, 0.29) is 16.5 Å². The van der Waals surface area contributed by atoms with E-state index in [1.54, 1.807) is 6.07 Å². The molecule has 0 aliphatic rings. The second-order valence-electron chi connectivity index (χ2n) is 4.34. The molecule has 1 nitrogen and oxygen atoms in total. The number of pyridine rings is 1. The smallest absolute Gasteiger partial charge is 0.168 e. The van der Waals surface area contributed by atoms with Crippen LogP contribution in [0.15, 0.2) is 12.1 Å². The van der Waals surface area contributed by atoms with Crippen molar-refractivity contribution in [1.82, 2.24) is 4.98 Å². The minimum atomic E-state index is -0.510. The van der Waals surface area contributed by atoms with Crippen molar-refractivity contribution in [2.75, 3.05) is 0 Å². The van der Waals surface area contributed by atoms with E-state index in [9.17, 15) is 4.39 Å². The van der Waals surface area contributed by atoms with Gasteiger partial charge in [-0.3, -0.25) is 0 Å². The Morgan fingerprint density at radius 2 is 1.88 bits per heavy atom. The Morgan fingerprint density at radius 1 is 1.24 bits per heavy atom. The molecule has 90 valence electrons. The van der Waals surface area contributed by atoms with Crippen molar-refractivity contribution in [3.8, 4) is 0 Å². The second-order valence-corrected chi connectivity index (χ2v) is 5.12. The number of rotatable bonds is 1. The van der Waals surface area contributed by atoms with Gasteiger partial charge in [-0.15, -0.1) is 0 Å². The van der Waals surface area contributed by atoms with Crippen LogP contribution in [0, 0.1) is 12.7 Å². The van der Waals surface area contributed by atoms with Gasteiger partial charge in [0.15, 0.2) is 5.82 Å². The summed E-state index contributed by atoms with van der Waals surface area (Å²) in [6.45, 7) is 5.91. The lowest BCUT2D eigenvalue weighted by molar-refractivity contribution is 0.636. The molecule has 2 rings (SSSR count). The van der Waals surface area contributed by atoms with Crippen LogP contribution in [0.25, 0.3) is 10.9 Å². The molecule has 2 aromatic rings. The van der Waals surface area contributed by atoms with Crippen LogP contribution >= 0.6 is 23.2 Å². The number of benzene rings is 1. The number of fused-ring (bicyclic) bond motifs is 1. The summed E-state index contributed by atoms with van der Waals surface area (Å²) in [7, 11) is 0. The zero-order chi connectivity index (χ0) is 12.7. The van der Waals surface area contributed by atoms with E-state index in [1.807, 2.05) is 20.8 Å². The van der Waals surface area contributed by atoms with Crippen molar-refractivity contribution in [3.05, 3.63) is 39.3 Å². The highest BCUT2D eigenvalue weighted by atomic mass is 35.5. The summed E-state index contributed by atoms with van der Waals surface area (Å²) in [4.78, 5) is 4.27. The lowest BCUT2D eigenvalue weighted by Gasteiger charge is -2.14. The van der Waals surface area contributed by atoms with Gasteiger partial charge in [0.25, 0.3) is 0 Å². The molecule has 0 saturated carbocycles. The van der Waals surface area contributed by atoms with Gasteiger partial charge in [-0.1, -0.05) is 37.0 Å². The molecule has 0 bridgehead atoms. The van der Waals surface area contributed by atoms with Crippen LogP contribution in [0.4, 0.5) is 4.39 Å². The quantitative estimate of drug-likeness (QED) is 0.702. The Balaban J connectivity index is 2.91. The van der Waals surface area contributed by atoms with Crippen molar-refractivity contribution in [2.45, 2.75) is 26.7 Å². The molecule has 0 amide bonds. The van der Waals surface area contributed by atoms with Crippen molar-refractivity contribution in [1.29, 1.82) is 0 Å². The van der Waals surface area contributed by atoms with E-state index in [0.717, 1.165) is 11.3 Å². The predicted molar refractivity (Wildman–Crippen MR) is 70.5 cm³/mol. The standard InChI is InChI=1S/C13H12Cl2FN/c1-6(2)10-7(3)17-13-8(11(10)15)4-5-9(14)12(13)16/h4-6H,1-3H3. The van der Waals surface area contributed by atoms with Crippen LogP contribution in [0.1, 0.15) is 31.0 Å². The Morgan fingerprint density at radius 3 is 2.47 bits per heavy atom. The van der Waals surface area contributed by atoms with Gasteiger partial charge in [0.05, 0.1) is 10.0 Å². The number of nitrogens with zero attached hydrogens (tertiary/aromatic N) is 1. The first kappa shape index (κ1) is 12.6. The molecule has 0 N–H and O–H groups in total. The zero-order valence-electron chi connectivity index (χ0n) is 9.81. The van der Waals surface area contributed by atoms with Gasteiger partial charge in [0.1, 0.15) is 5.52 Å². The Hall–Kier alpha value is -0.860. The van der Waals surface area contributed by atoms with E-state index in [0.29, 0.717) is 10.4 Å². The third-order valence-corrected chi connectivity index (χ3v) is 3.49. The molecule has 0 spiro atoms. The number of aryl methyl sites for hydroxylation is 1. The fourth-order valence-corrected chi connectivity index (χ4v) is 2.69. The third-order valence-electron chi connectivity index (χ3n) is 2.79. The average Bonchev–Trinajstić information content (AvgIpc) is 2.23. The summed E-state index contributed by atoms with van der Waals surface area (Å²) in [5.74, 6) is -0.261. The first-order valence-corrected chi connectivity index (χ1v) is 6.12. The first-order chi connectivity index (χ1) is 7.93. The van der Waals surface area contributed by atoms with E-state index in [4.69, 9.17) is 23.2 Å². The van der Waals surface area contributed by atoms with Crippen molar-refractivity contribution in [2.24, 2.45) is 0 Å². The molecule has 1 heterocycles. The summed E-state index contributed by atoms with van der Waals surface area (Å²) in [5.41, 5.74) is 1.95. The molecular weight excluding hydrogens is 260 g/mol. The lowest BCUT2D eigenvalue weighted by Crippen LogP contribution is -1.99. The number of halogens is 3. The minimum Gasteiger partial charge on any atom is -0.250 e. The molecule has 0 fully saturated rings. The highest BCUT2D eigenvalue weighted by Crippen LogP contribution is 2.35. The molecule has 17 heavy (non-hydrogen) atoms. The Bertz CT molecular complexity index is 594. The van der Waals surface area contributed by atoms with E-state index >= 15 is 0 Å². The van der Waals surface area contributed by atoms with E-state index in [1.165, 1.54) is 6.07 Å². The van der Waals surface area contributed by atoms with Crippen LogP contribution in [-0.4, -0.2) is 4.98 Å². The maximum atomic E-state index is 13.8. The topological polar surface area (TPSA) is 12.9 Å². The molecule has 4 heteroatoms. The van der Waals surface area contributed by atoms with Crippen molar-refractivity contribution < 1.29 is 4.39 Å². The summed E-state index contributed by atoms with van der Waals surface area (Å²) in [6, 6.07) is 3.22. The van der Waals surface area contributed by atoms with Crippen LogP contribution in [0.3, 0.4) is 0 Å². The van der Waals surface area contributed by atoms with Crippen LogP contribution in [-0.2, 0) is 0 Å². The maximum absolute atomic E-state index is 13.8. The second kappa shape index (κ2) is 4.43. The highest BCUT2D eigenvalue weighted by molar-refractivity contribution is 6.37. The maximum Gasteiger partial charge on any atom is 0.168 e. The van der Waals surface area contributed by atoms with Crippen LogP contribution in [0.2, 0.25) is 10.0 Å². The van der Waals surface area contributed by atoms with Crippen LogP contribution in [0.5, 0.6) is 0 Å². The van der Waals surface area contributed by atoms with Gasteiger partial charge in [-0.05, 0) is 30.5 Å². The Kier molecular flexibility index (Phi) is 3.28. The molecule has 0 aliphatic heterocycles. The number of aromatic nitrogens is 1. The fourth-order valence-electron chi connectivity index (χ4n) is 2.03. The molecular formula is C13H12Cl2FN. The largest absolute Gasteiger partial charge is 0.250 e. The highest BCUT2D eigenvalue weighted by Gasteiger charge is 2.17. The lowest BCUT2D eigenvalue weighted by atomic mass is 9.99. The van der Waals surface area contributed by atoms with Gasteiger partial charge in [0, 0.05) is 11.1 Å². The number of hydrogen-bond donors (Lipinski definition) is 0. The van der Waals surface area contributed by atoms with Crippen molar-refractivity contribution in [3.63, 3.8) is 0 Å². The van der Waals surface area contributed by atoms with Gasteiger partial charge >= 0.3 is 0 Å². The van der Waals surface area contributed by atoms with E-state index in [2.05, 4.69) is 4.98 Å². The SMILES string of the molecule is Cc1nc2c(F)c(Cl)ccc2c(Cl)c1C(C)C. The minimum absolute atomic E-state index is 0.0674. The molecule has 0 atom stereocenters. The normalized spacial score (nSPS) is 11.5. The molecule has 0 radical (unpaired) electrons. The summed E-state index contributed by atoms with van der Waals surface area (Å²) in [6.07, 6.45) is 0. The average molecular weight is 272 g/mol. The predicted octanol–water partition coefficient (Wildman–Crippen LogP) is 5.11. The summed E-state index contributed by atoms with van der Waals surface area (Å²) >= 11 is 12.1. The van der Waals surface area contributed by atoms with Gasteiger partial charge < -0.3 is 0 Å². The molecule has 1 aromatic carbocycles. The van der Waals surface area contributed by atoms with E-state index < -0.39 is 5.82 Å². The first-order valence-electron chi connectivity index (χ1n) is 5.37.